The summed E-state index contributed by atoms with van der Waals surface area (Å²) < 4.78 is 27.7. The normalized spacial score (nSPS) is 13.5. The van der Waals surface area contributed by atoms with Crippen molar-refractivity contribution >= 4 is 27.3 Å². The molecule has 21 heavy (non-hydrogen) atoms. The van der Waals surface area contributed by atoms with Crippen LogP contribution in [-0.2, 0) is 14.6 Å². The number of anilines is 1. The number of oxime groups is 1. The third-order valence-corrected chi connectivity index (χ3v) is 4.15. The second kappa shape index (κ2) is 6.93. The predicted octanol–water partition coefficient (Wildman–Crippen LogP) is 0.183. The molecule has 0 heterocycles. The summed E-state index contributed by atoms with van der Waals surface area (Å²) in [6.45, 7) is 1.24. The molecule has 0 saturated heterocycles. The van der Waals surface area contributed by atoms with Crippen LogP contribution < -0.4 is 15.8 Å². The van der Waals surface area contributed by atoms with Crippen molar-refractivity contribution in [3.05, 3.63) is 24.3 Å². The maximum atomic E-state index is 11.7. The first-order valence-electron chi connectivity index (χ1n) is 5.93. The van der Waals surface area contributed by atoms with Crippen molar-refractivity contribution in [2.75, 3.05) is 18.2 Å². The Kier molecular flexibility index (Phi) is 5.53. The Bertz CT molecular complexity index is 625. The molecule has 1 aromatic carbocycles. The van der Waals surface area contributed by atoms with Gasteiger partial charge in [-0.05, 0) is 31.2 Å². The van der Waals surface area contributed by atoms with Crippen LogP contribution in [0.4, 0.5) is 5.69 Å². The highest BCUT2D eigenvalue weighted by Crippen LogP contribution is 2.16. The van der Waals surface area contributed by atoms with Crippen LogP contribution in [0.15, 0.2) is 29.4 Å². The van der Waals surface area contributed by atoms with Gasteiger partial charge in [0.1, 0.15) is 17.6 Å². The predicted molar refractivity (Wildman–Crippen MR) is 78.3 cm³/mol. The van der Waals surface area contributed by atoms with Gasteiger partial charge in [0.15, 0.2) is 15.7 Å². The van der Waals surface area contributed by atoms with Gasteiger partial charge in [0.2, 0.25) is 5.91 Å². The van der Waals surface area contributed by atoms with E-state index >= 15 is 0 Å². The number of benzene rings is 1. The third kappa shape index (κ3) is 5.30. The maximum Gasteiger partial charge on any atom is 0.242 e. The maximum absolute atomic E-state index is 11.7. The van der Waals surface area contributed by atoms with Crippen LogP contribution in [0.2, 0.25) is 0 Å². The number of amides is 1. The standard InChI is InChI=1S/C12H17N3O5S/c1-8(21(2,18)19)12(16)14-9-3-5-10(6-4-9)20-7-11(13)15-17/h3-6,8,17H,7H2,1-2H3,(H2,13,15)(H,14,16). The van der Waals surface area contributed by atoms with Crippen LogP contribution in [-0.4, -0.2) is 43.5 Å². The lowest BCUT2D eigenvalue weighted by Gasteiger charge is -2.11. The highest BCUT2D eigenvalue weighted by molar-refractivity contribution is 7.92. The van der Waals surface area contributed by atoms with E-state index in [2.05, 4.69) is 10.5 Å². The van der Waals surface area contributed by atoms with E-state index in [4.69, 9.17) is 15.7 Å². The molecule has 0 bridgehead atoms. The average Bonchev–Trinajstić information content (AvgIpc) is 2.44. The Labute approximate surface area is 122 Å². The van der Waals surface area contributed by atoms with Gasteiger partial charge < -0.3 is 21.0 Å². The van der Waals surface area contributed by atoms with E-state index in [1.165, 1.54) is 6.92 Å². The fraction of sp³-hybridized carbons (Fsp3) is 0.333. The number of sulfone groups is 1. The van der Waals surface area contributed by atoms with Crippen molar-refractivity contribution in [1.82, 2.24) is 0 Å². The van der Waals surface area contributed by atoms with Crippen LogP contribution in [0, 0.1) is 0 Å². The van der Waals surface area contributed by atoms with Gasteiger partial charge in [-0.15, -0.1) is 0 Å². The molecule has 1 rings (SSSR count). The number of nitrogens with one attached hydrogen (secondary N) is 1. The number of ether oxygens (including phenoxy) is 1. The number of hydrogen-bond donors (Lipinski definition) is 3. The summed E-state index contributed by atoms with van der Waals surface area (Å²) in [6.07, 6.45) is 1.00. The lowest BCUT2D eigenvalue weighted by molar-refractivity contribution is -0.115. The van der Waals surface area contributed by atoms with E-state index in [1.807, 2.05) is 0 Å². The fourth-order valence-corrected chi connectivity index (χ4v) is 1.71. The number of carbonyl (C=O) groups excluding carboxylic acids is 1. The molecule has 0 fully saturated rings. The molecule has 1 unspecified atom stereocenters. The molecule has 0 aliphatic rings. The first-order chi connectivity index (χ1) is 9.74. The van der Waals surface area contributed by atoms with Gasteiger partial charge in [0, 0.05) is 11.9 Å². The molecule has 1 amide bonds. The summed E-state index contributed by atoms with van der Waals surface area (Å²) in [5, 5.41) is 12.5. The number of nitrogens with zero attached hydrogens (tertiary/aromatic N) is 1. The van der Waals surface area contributed by atoms with Crippen LogP contribution in [0.25, 0.3) is 0 Å². The zero-order valence-corrected chi connectivity index (χ0v) is 12.4. The number of amidine groups is 1. The zero-order valence-electron chi connectivity index (χ0n) is 11.6. The second-order valence-electron chi connectivity index (χ2n) is 4.37. The highest BCUT2D eigenvalue weighted by atomic mass is 32.2. The molecule has 0 aliphatic heterocycles. The summed E-state index contributed by atoms with van der Waals surface area (Å²) >= 11 is 0. The van der Waals surface area contributed by atoms with Crippen molar-refractivity contribution in [3.8, 4) is 5.75 Å². The number of nitrogens with two attached hydrogens (primary N) is 1. The topological polar surface area (TPSA) is 131 Å². The van der Waals surface area contributed by atoms with Crippen LogP contribution in [0.5, 0.6) is 5.75 Å². The van der Waals surface area contributed by atoms with Crippen molar-refractivity contribution in [2.24, 2.45) is 10.9 Å². The summed E-state index contributed by atoms with van der Waals surface area (Å²) in [6, 6.07) is 6.22. The van der Waals surface area contributed by atoms with Crippen molar-refractivity contribution < 1.29 is 23.2 Å². The lowest BCUT2D eigenvalue weighted by atomic mass is 10.3. The molecule has 4 N–H and O–H groups in total. The van der Waals surface area contributed by atoms with Gasteiger partial charge in [-0.3, -0.25) is 4.79 Å². The fourth-order valence-electron chi connectivity index (χ4n) is 1.26. The minimum Gasteiger partial charge on any atom is -0.486 e. The molecule has 1 atom stereocenters. The van der Waals surface area contributed by atoms with Crippen molar-refractivity contribution in [1.29, 1.82) is 0 Å². The molecule has 1 aromatic rings. The molecule has 0 spiro atoms. The second-order valence-corrected chi connectivity index (χ2v) is 6.73. The quantitative estimate of drug-likeness (QED) is 0.297. The molecule has 8 nitrogen and oxygen atoms in total. The summed E-state index contributed by atoms with van der Waals surface area (Å²) in [7, 11) is -3.44. The van der Waals surface area contributed by atoms with Crippen LogP contribution in [0.3, 0.4) is 0 Å². The Hall–Kier alpha value is -2.29. The van der Waals surface area contributed by atoms with Gasteiger partial charge in [0.05, 0.1) is 0 Å². The molecule has 0 aliphatic carbocycles. The summed E-state index contributed by atoms with van der Waals surface area (Å²) in [5.74, 6) is -0.229. The van der Waals surface area contributed by atoms with Gasteiger partial charge in [-0.25, -0.2) is 8.42 Å². The van der Waals surface area contributed by atoms with E-state index in [0.717, 1.165) is 6.26 Å². The Morgan fingerprint density at radius 2 is 2.00 bits per heavy atom. The van der Waals surface area contributed by atoms with E-state index in [0.29, 0.717) is 11.4 Å². The highest BCUT2D eigenvalue weighted by Gasteiger charge is 2.23. The van der Waals surface area contributed by atoms with E-state index in [1.54, 1.807) is 24.3 Å². The largest absolute Gasteiger partial charge is 0.486 e. The molecule has 9 heteroatoms. The van der Waals surface area contributed by atoms with Crippen LogP contribution >= 0.6 is 0 Å². The molecular formula is C12H17N3O5S. The Morgan fingerprint density at radius 1 is 1.43 bits per heavy atom. The van der Waals surface area contributed by atoms with E-state index in [9.17, 15) is 13.2 Å². The van der Waals surface area contributed by atoms with Crippen LogP contribution in [0.1, 0.15) is 6.92 Å². The van der Waals surface area contributed by atoms with Gasteiger partial charge in [-0.1, -0.05) is 5.16 Å². The van der Waals surface area contributed by atoms with Crippen molar-refractivity contribution in [3.63, 3.8) is 0 Å². The summed E-state index contributed by atoms with van der Waals surface area (Å²) in [5.41, 5.74) is 5.69. The molecular weight excluding hydrogens is 298 g/mol. The average molecular weight is 315 g/mol. The SMILES string of the molecule is CC(C(=O)Nc1ccc(OC/C(N)=N/O)cc1)S(C)(=O)=O. The Balaban J connectivity index is 2.65. The zero-order chi connectivity index (χ0) is 16.0. The van der Waals surface area contributed by atoms with E-state index in [-0.39, 0.29) is 12.4 Å². The first-order valence-corrected chi connectivity index (χ1v) is 7.88. The van der Waals surface area contributed by atoms with E-state index < -0.39 is 21.0 Å². The first kappa shape index (κ1) is 16.8. The molecule has 0 aromatic heterocycles. The minimum absolute atomic E-state index is 0.0747. The monoisotopic (exact) mass is 315 g/mol. The molecule has 116 valence electrons. The third-order valence-electron chi connectivity index (χ3n) is 2.65. The smallest absolute Gasteiger partial charge is 0.242 e. The Morgan fingerprint density at radius 3 is 2.48 bits per heavy atom. The van der Waals surface area contributed by atoms with Gasteiger partial charge >= 0.3 is 0 Å². The number of hydrogen-bond acceptors (Lipinski definition) is 6. The summed E-state index contributed by atoms with van der Waals surface area (Å²) in [4.78, 5) is 11.7. The lowest BCUT2D eigenvalue weighted by Crippen LogP contribution is -2.31. The van der Waals surface area contributed by atoms with Gasteiger partial charge in [0.25, 0.3) is 0 Å². The number of rotatable bonds is 6. The van der Waals surface area contributed by atoms with Crippen molar-refractivity contribution in [2.45, 2.75) is 12.2 Å². The van der Waals surface area contributed by atoms with Gasteiger partial charge in [-0.2, -0.15) is 0 Å². The molecule has 0 saturated carbocycles. The number of carbonyl (C=O) groups is 1. The minimum atomic E-state index is -3.44. The molecule has 0 radical (unpaired) electrons.